The van der Waals surface area contributed by atoms with Gasteiger partial charge >= 0.3 is 0 Å². The summed E-state index contributed by atoms with van der Waals surface area (Å²) in [7, 11) is 1.73. The average Bonchev–Trinajstić information content (AvgIpc) is 2.40. The van der Waals surface area contributed by atoms with E-state index in [4.69, 9.17) is 11.6 Å². The van der Waals surface area contributed by atoms with Gasteiger partial charge in [-0.05, 0) is 42.3 Å². The molecule has 0 fully saturated rings. The van der Waals surface area contributed by atoms with Gasteiger partial charge in [-0.2, -0.15) is 0 Å². The SMILES string of the molecule is Cc1ccc(Cl)cc1C(=O)N(C)Cc1cccc(O)c1. The first-order valence-corrected chi connectivity index (χ1v) is 6.64. The maximum absolute atomic E-state index is 12.4. The van der Waals surface area contributed by atoms with Crippen molar-refractivity contribution in [1.82, 2.24) is 4.90 Å². The summed E-state index contributed by atoms with van der Waals surface area (Å²) < 4.78 is 0. The highest BCUT2D eigenvalue weighted by Crippen LogP contribution is 2.18. The van der Waals surface area contributed by atoms with E-state index in [-0.39, 0.29) is 11.7 Å². The van der Waals surface area contributed by atoms with Crippen LogP contribution in [0.25, 0.3) is 0 Å². The van der Waals surface area contributed by atoms with E-state index in [0.29, 0.717) is 17.1 Å². The van der Waals surface area contributed by atoms with Gasteiger partial charge in [-0.25, -0.2) is 0 Å². The van der Waals surface area contributed by atoms with Crippen LogP contribution in [0.15, 0.2) is 42.5 Å². The molecule has 0 heterocycles. The zero-order chi connectivity index (χ0) is 14.7. The van der Waals surface area contributed by atoms with E-state index < -0.39 is 0 Å². The van der Waals surface area contributed by atoms with E-state index in [1.54, 1.807) is 42.3 Å². The lowest BCUT2D eigenvalue weighted by atomic mass is 10.1. The minimum Gasteiger partial charge on any atom is -0.508 e. The van der Waals surface area contributed by atoms with Gasteiger partial charge in [-0.15, -0.1) is 0 Å². The number of aromatic hydroxyl groups is 1. The average molecular weight is 290 g/mol. The number of amides is 1. The molecule has 0 radical (unpaired) electrons. The van der Waals surface area contributed by atoms with Crippen LogP contribution >= 0.6 is 11.6 Å². The molecule has 0 aliphatic carbocycles. The molecule has 0 unspecified atom stereocenters. The van der Waals surface area contributed by atoms with Gasteiger partial charge in [-0.1, -0.05) is 29.8 Å². The molecular formula is C16H16ClNO2. The highest BCUT2D eigenvalue weighted by Gasteiger charge is 2.15. The fraction of sp³-hybridized carbons (Fsp3) is 0.188. The van der Waals surface area contributed by atoms with Crippen LogP contribution in [0.5, 0.6) is 5.75 Å². The van der Waals surface area contributed by atoms with Crippen LogP contribution in [-0.4, -0.2) is 23.0 Å². The molecule has 0 aromatic heterocycles. The minimum absolute atomic E-state index is 0.0895. The molecule has 0 saturated carbocycles. The Kier molecular flexibility index (Phi) is 4.30. The number of phenols is 1. The predicted octanol–water partition coefficient (Wildman–Crippen LogP) is 3.63. The zero-order valence-electron chi connectivity index (χ0n) is 11.4. The van der Waals surface area contributed by atoms with Crippen LogP contribution in [0.2, 0.25) is 5.02 Å². The lowest BCUT2D eigenvalue weighted by Crippen LogP contribution is -2.26. The molecule has 2 rings (SSSR count). The van der Waals surface area contributed by atoms with E-state index in [0.717, 1.165) is 11.1 Å². The number of rotatable bonds is 3. The highest BCUT2D eigenvalue weighted by atomic mass is 35.5. The predicted molar refractivity (Wildman–Crippen MR) is 80.1 cm³/mol. The van der Waals surface area contributed by atoms with E-state index in [1.807, 2.05) is 19.1 Å². The summed E-state index contributed by atoms with van der Waals surface area (Å²) in [6.45, 7) is 2.31. The van der Waals surface area contributed by atoms with E-state index >= 15 is 0 Å². The first-order valence-electron chi connectivity index (χ1n) is 6.27. The van der Waals surface area contributed by atoms with Crippen LogP contribution < -0.4 is 0 Å². The number of carbonyl (C=O) groups excluding carboxylic acids is 1. The van der Waals surface area contributed by atoms with Crippen LogP contribution in [0, 0.1) is 6.92 Å². The first-order chi connectivity index (χ1) is 9.47. The molecule has 0 aliphatic heterocycles. The Morgan fingerprint density at radius 2 is 2.00 bits per heavy atom. The standard InChI is InChI=1S/C16H16ClNO2/c1-11-6-7-13(17)9-15(11)16(20)18(2)10-12-4-3-5-14(19)8-12/h3-9,19H,10H2,1-2H3. The third-order valence-electron chi connectivity index (χ3n) is 3.11. The third-order valence-corrected chi connectivity index (χ3v) is 3.34. The lowest BCUT2D eigenvalue weighted by Gasteiger charge is -2.18. The summed E-state index contributed by atoms with van der Waals surface area (Å²) >= 11 is 5.94. The van der Waals surface area contributed by atoms with Gasteiger partial charge in [0.05, 0.1) is 0 Å². The van der Waals surface area contributed by atoms with Crippen molar-refractivity contribution in [2.45, 2.75) is 13.5 Å². The largest absolute Gasteiger partial charge is 0.508 e. The second-order valence-electron chi connectivity index (χ2n) is 4.79. The zero-order valence-corrected chi connectivity index (χ0v) is 12.2. The monoisotopic (exact) mass is 289 g/mol. The molecule has 3 nitrogen and oxygen atoms in total. The van der Waals surface area contributed by atoms with Gasteiger partial charge in [0.25, 0.3) is 5.91 Å². The van der Waals surface area contributed by atoms with Crippen molar-refractivity contribution < 1.29 is 9.90 Å². The molecule has 1 amide bonds. The minimum atomic E-state index is -0.0895. The van der Waals surface area contributed by atoms with Crippen LogP contribution in [0.4, 0.5) is 0 Å². The van der Waals surface area contributed by atoms with Crippen molar-refractivity contribution in [3.8, 4) is 5.75 Å². The number of hydrogen-bond donors (Lipinski definition) is 1. The molecule has 104 valence electrons. The smallest absolute Gasteiger partial charge is 0.254 e. The molecule has 2 aromatic carbocycles. The Bertz CT molecular complexity index is 640. The molecule has 0 atom stereocenters. The molecule has 0 saturated heterocycles. The van der Waals surface area contributed by atoms with E-state index in [2.05, 4.69) is 0 Å². The number of nitrogens with zero attached hydrogens (tertiary/aromatic N) is 1. The second-order valence-corrected chi connectivity index (χ2v) is 5.23. The van der Waals surface area contributed by atoms with Gasteiger partial charge in [0.1, 0.15) is 5.75 Å². The van der Waals surface area contributed by atoms with Crippen molar-refractivity contribution in [2.75, 3.05) is 7.05 Å². The van der Waals surface area contributed by atoms with Crippen LogP contribution in [0.1, 0.15) is 21.5 Å². The van der Waals surface area contributed by atoms with Crippen molar-refractivity contribution >= 4 is 17.5 Å². The van der Waals surface area contributed by atoms with Gasteiger partial charge in [0, 0.05) is 24.2 Å². The Hall–Kier alpha value is -2.00. The van der Waals surface area contributed by atoms with Crippen molar-refractivity contribution in [2.24, 2.45) is 0 Å². The number of benzene rings is 2. The fourth-order valence-electron chi connectivity index (χ4n) is 2.03. The summed E-state index contributed by atoms with van der Waals surface area (Å²) in [5.41, 5.74) is 2.36. The van der Waals surface area contributed by atoms with Gasteiger partial charge in [-0.3, -0.25) is 4.79 Å². The number of aryl methyl sites for hydroxylation is 1. The van der Waals surface area contributed by atoms with Crippen LogP contribution in [-0.2, 0) is 6.54 Å². The molecule has 0 bridgehead atoms. The van der Waals surface area contributed by atoms with E-state index in [1.165, 1.54) is 0 Å². The lowest BCUT2D eigenvalue weighted by molar-refractivity contribution is 0.0784. The summed E-state index contributed by atoms with van der Waals surface area (Å²) in [5, 5.41) is 9.99. The fourth-order valence-corrected chi connectivity index (χ4v) is 2.20. The topological polar surface area (TPSA) is 40.5 Å². The Labute approximate surface area is 123 Å². The molecule has 0 spiro atoms. The summed E-state index contributed by atoms with van der Waals surface area (Å²) in [5.74, 6) is 0.107. The molecule has 0 aliphatic rings. The summed E-state index contributed by atoms with van der Waals surface area (Å²) in [4.78, 5) is 14.0. The maximum Gasteiger partial charge on any atom is 0.254 e. The van der Waals surface area contributed by atoms with Crippen molar-refractivity contribution in [3.63, 3.8) is 0 Å². The normalized spacial score (nSPS) is 10.3. The molecular weight excluding hydrogens is 274 g/mol. The molecule has 2 aromatic rings. The van der Waals surface area contributed by atoms with Gasteiger partial charge in [0.15, 0.2) is 0 Å². The Morgan fingerprint density at radius 1 is 1.25 bits per heavy atom. The van der Waals surface area contributed by atoms with E-state index in [9.17, 15) is 9.90 Å². The quantitative estimate of drug-likeness (QED) is 0.937. The van der Waals surface area contributed by atoms with Crippen molar-refractivity contribution in [3.05, 3.63) is 64.2 Å². The van der Waals surface area contributed by atoms with Crippen LogP contribution in [0.3, 0.4) is 0 Å². The summed E-state index contributed by atoms with van der Waals surface area (Å²) in [6, 6.07) is 12.2. The molecule has 4 heteroatoms. The number of carbonyl (C=O) groups is 1. The maximum atomic E-state index is 12.4. The number of hydrogen-bond acceptors (Lipinski definition) is 2. The van der Waals surface area contributed by atoms with Gasteiger partial charge in [0.2, 0.25) is 0 Å². The third kappa shape index (κ3) is 3.31. The Morgan fingerprint density at radius 3 is 2.70 bits per heavy atom. The number of phenolic OH excluding ortho intramolecular Hbond substituents is 1. The van der Waals surface area contributed by atoms with Gasteiger partial charge < -0.3 is 10.0 Å². The highest BCUT2D eigenvalue weighted by molar-refractivity contribution is 6.31. The summed E-state index contributed by atoms with van der Waals surface area (Å²) in [6.07, 6.45) is 0. The second kappa shape index (κ2) is 5.97. The first kappa shape index (κ1) is 14.4. The molecule has 20 heavy (non-hydrogen) atoms. The van der Waals surface area contributed by atoms with Crippen molar-refractivity contribution in [1.29, 1.82) is 0 Å². The number of halogens is 1. The Balaban J connectivity index is 2.18. The molecule has 1 N–H and O–H groups in total.